The molecule has 0 aliphatic carbocycles. The maximum absolute atomic E-state index is 12.4. The topological polar surface area (TPSA) is 95.2 Å². The molecule has 1 aliphatic rings. The van der Waals surface area contributed by atoms with Gasteiger partial charge in [0.1, 0.15) is 0 Å². The van der Waals surface area contributed by atoms with Gasteiger partial charge in [-0.05, 0) is 25.0 Å². The number of hydrogen-bond acceptors (Lipinski definition) is 4. The molecular formula is C13H16N4O3S. The highest BCUT2D eigenvalue weighted by Crippen LogP contribution is 2.21. The first-order chi connectivity index (χ1) is 10.1. The summed E-state index contributed by atoms with van der Waals surface area (Å²) >= 11 is 0. The third-order valence-corrected chi connectivity index (χ3v) is 5.09. The average molecular weight is 308 g/mol. The summed E-state index contributed by atoms with van der Waals surface area (Å²) in [6.45, 7) is 1.02. The van der Waals surface area contributed by atoms with Crippen LogP contribution in [0.25, 0.3) is 10.9 Å². The van der Waals surface area contributed by atoms with E-state index in [2.05, 4.69) is 14.7 Å². The molecule has 0 radical (unpaired) electrons. The summed E-state index contributed by atoms with van der Waals surface area (Å²) in [5.41, 5.74) is 0.349. The van der Waals surface area contributed by atoms with Crippen LogP contribution in [0.5, 0.6) is 0 Å². The van der Waals surface area contributed by atoms with Gasteiger partial charge in [-0.15, -0.1) is 0 Å². The lowest BCUT2D eigenvalue weighted by Crippen LogP contribution is -2.39. The molecule has 0 bridgehead atoms. The van der Waals surface area contributed by atoms with Crippen molar-refractivity contribution in [2.45, 2.75) is 19.3 Å². The van der Waals surface area contributed by atoms with Gasteiger partial charge in [0.15, 0.2) is 0 Å². The Bertz CT molecular complexity index is 804. The van der Waals surface area contributed by atoms with Crippen molar-refractivity contribution in [1.82, 2.24) is 14.3 Å². The van der Waals surface area contributed by atoms with E-state index in [0.29, 0.717) is 18.6 Å². The monoisotopic (exact) mass is 308 g/mol. The van der Waals surface area contributed by atoms with Crippen LogP contribution >= 0.6 is 0 Å². The fourth-order valence-electron chi connectivity index (χ4n) is 2.51. The van der Waals surface area contributed by atoms with Crippen molar-refractivity contribution >= 4 is 26.8 Å². The minimum atomic E-state index is -3.64. The molecule has 8 heteroatoms. The molecule has 3 rings (SSSR count). The molecule has 2 heterocycles. The molecule has 21 heavy (non-hydrogen) atoms. The van der Waals surface area contributed by atoms with E-state index < -0.39 is 10.2 Å². The van der Waals surface area contributed by atoms with Crippen molar-refractivity contribution in [3.05, 3.63) is 34.9 Å². The number of H-pyrrole nitrogens is 1. The number of piperidine rings is 1. The predicted molar refractivity (Wildman–Crippen MR) is 80.3 cm³/mol. The highest BCUT2D eigenvalue weighted by molar-refractivity contribution is 7.90. The molecule has 7 nitrogen and oxygen atoms in total. The molecule has 112 valence electrons. The summed E-state index contributed by atoms with van der Waals surface area (Å²) in [6, 6.07) is 4.91. The van der Waals surface area contributed by atoms with Gasteiger partial charge in [0.25, 0.3) is 5.56 Å². The van der Waals surface area contributed by atoms with Gasteiger partial charge >= 0.3 is 10.2 Å². The molecule has 0 saturated carbocycles. The highest BCUT2D eigenvalue weighted by atomic mass is 32.2. The number of aromatic amines is 1. The van der Waals surface area contributed by atoms with Crippen molar-refractivity contribution in [2.24, 2.45) is 0 Å². The van der Waals surface area contributed by atoms with Crippen molar-refractivity contribution in [2.75, 3.05) is 17.8 Å². The summed E-state index contributed by atoms with van der Waals surface area (Å²) in [7, 11) is -3.64. The van der Waals surface area contributed by atoms with Crippen LogP contribution in [0.4, 0.5) is 5.69 Å². The van der Waals surface area contributed by atoms with Gasteiger partial charge in [-0.25, -0.2) is 4.98 Å². The quantitative estimate of drug-likeness (QED) is 0.886. The summed E-state index contributed by atoms with van der Waals surface area (Å²) < 4.78 is 28.7. The second-order valence-corrected chi connectivity index (χ2v) is 6.67. The van der Waals surface area contributed by atoms with E-state index >= 15 is 0 Å². The lowest BCUT2D eigenvalue weighted by Gasteiger charge is -2.26. The number of nitrogens with one attached hydrogen (secondary N) is 2. The minimum Gasteiger partial charge on any atom is -0.313 e. The van der Waals surface area contributed by atoms with Crippen molar-refractivity contribution in [1.29, 1.82) is 0 Å². The third kappa shape index (κ3) is 2.77. The number of aromatic nitrogens is 2. The van der Waals surface area contributed by atoms with Gasteiger partial charge in [-0.3, -0.25) is 9.52 Å². The fraction of sp³-hybridized carbons (Fsp3) is 0.385. The zero-order chi connectivity index (χ0) is 14.9. The maximum atomic E-state index is 12.4. The van der Waals surface area contributed by atoms with Crippen LogP contribution in [0.1, 0.15) is 19.3 Å². The molecule has 1 aromatic heterocycles. The summed E-state index contributed by atoms with van der Waals surface area (Å²) in [5.74, 6) is 0. The van der Waals surface area contributed by atoms with Crippen LogP contribution in [0.2, 0.25) is 0 Å². The minimum absolute atomic E-state index is 0.251. The number of hydrogen-bond donors (Lipinski definition) is 2. The van der Waals surface area contributed by atoms with Gasteiger partial charge in [0, 0.05) is 13.1 Å². The van der Waals surface area contributed by atoms with Gasteiger partial charge in [-0.2, -0.15) is 12.7 Å². The molecule has 0 amide bonds. The Hall–Kier alpha value is -1.93. The number of rotatable bonds is 3. The summed E-state index contributed by atoms with van der Waals surface area (Å²) in [6.07, 6.45) is 4.06. The Kier molecular flexibility index (Phi) is 3.64. The maximum Gasteiger partial charge on any atom is 0.301 e. The molecule has 1 fully saturated rings. The van der Waals surface area contributed by atoms with Crippen LogP contribution in [0.15, 0.2) is 29.3 Å². The Balaban J connectivity index is 2.00. The Labute approximate surface area is 122 Å². The molecule has 1 saturated heterocycles. The molecule has 2 aromatic rings. The Morgan fingerprint density at radius 3 is 2.71 bits per heavy atom. The smallest absolute Gasteiger partial charge is 0.301 e. The molecule has 1 aromatic carbocycles. The average Bonchev–Trinajstić information content (AvgIpc) is 2.48. The van der Waals surface area contributed by atoms with Gasteiger partial charge in [-0.1, -0.05) is 12.5 Å². The first kappa shape index (κ1) is 14.0. The van der Waals surface area contributed by atoms with Crippen LogP contribution < -0.4 is 10.3 Å². The van der Waals surface area contributed by atoms with Crippen molar-refractivity contribution in [3.63, 3.8) is 0 Å². The predicted octanol–water partition coefficient (Wildman–Crippen LogP) is 1.07. The highest BCUT2D eigenvalue weighted by Gasteiger charge is 2.24. The lowest BCUT2D eigenvalue weighted by molar-refractivity contribution is 0.349. The third-order valence-electron chi connectivity index (χ3n) is 3.56. The number of nitrogens with zero attached hydrogens (tertiary/aromatic N) is 2. The van der Waals surface area contributed by atoms with E-state index in [9.17, 15) is 13.2 Å². The molecular weight excluding hydrogens is 292 g/mol. The molecule has 2 N–H and O–H groups in total. The first-order valence-corrected chi connectivity index (χ1v) is 8.26. The zero-order valence-electron chi connectivity index (χ0n) is 11.4. The van der Waals surface area contributed by atoms with Crippen molar-refractivity contribution in [3.8, 4) is 0 Å². The van der Waals surface area contributed by atoms with Crippen LogP contribution in [0, 0.1) is 0 Å². The van der Waals surface area contributed by atoms with E-state index in [-0.39, 0.29) is 16.6 Å². The lowest BCUT2D eigenvalue weighted by atomic mass is 10.2. The van der Waals surface area contributed by atoms with Gasteiger partial charge < -0.3 is 4.98 Å². The standard InChI is InChI=1S/C13H16N4O3S/c18-13-12-10(14-9-15-13)5-4-6-11(12)16-21(19,20)17-7-2-1-3-8-17/h4-6,9,16H,1-3,7-8H2,(H,14,15,18). The van der Waals surface area contributed by atoms with E-state index in [4.69, 9.17) is 0 Å². The Morgan fingerprint density at radius 2 is 1.95 bits per heavy atom. The van der Waals surface area contributed by atoms with Gasteiger partial charge in [0.05, 0.1) is 22.9 Å². The largest absolute Gasteiger partial charge is 0.313 e. The fourth-order valence-corrected chi connectivity index (χ4v) is 3.83. The van der Waals surface area contributed by atoms with Gasteiger partial charge in [0.2, 0.25) is 0 Å². The number of fused-ring (bicyclic) bond motifs is 1. The van der Waals surface area contributed by atoms with Crippen LogP contribution in [-0.4, -0.2) is 35.8 Å². The number of benzene rings is 1. The first-order valence-electron chi connectivity index (χ1n) is 6.82. The van der Waals surface area contributed by atoms with E-state index in [0.717, 1.165) is 19.3 Å². The second-order valence-electron chi connectivity index (χ2n) is 5.00. The summed E-state index contributed by atoms with van der Waals surface area (Å²) in [5, 5.41) is 0.251. The van der Waals surface area contributed by atoms with E-state index in [1.54, 1.807) is 18.2 Å². The molecule has 1 aliphatic heterocycles. The SMILES string of the molecule is O=c1[nH]cnc2cccc(NS(=O)(=O)N3CCCCC3)c12. The van der Waals surface area contributed by atoms with Crippen molar-refractivity contribution < 1.29 is 8.42 Å². The second kappa shape index (κ2) is 5.45. The normalized spacial score (nSPS) is 17.0. The molecule has 0 spiro atoms. The Morgan fingerprint density at radius 1 is 1.19 bits per heavy atom. The zero-order valence-corrected chi connectivity index (χ0v) is 12.2. The van der Waals surface area contributed by atoms with Crippen LogP contribution in [-0.2, 0) is 10.2 Å². The van der Waals surface area contributed by atoms with E-state index in [1.165, 1.54) is 10.6 Å². The van der Waals surface area contributed by atoms with E-state index in [1.807, 2.05) is 0 Å². The molecule has 0 atom stereocenters. The molecule has 0 unspecified atom stereocenters. The number of anilines is 1. The summed E-state index contributed by atoms with van der Waals surface area (Å²) in [4.78, 5) is 18.4. The van der Waals surface area contributed by atoms with Crippen LogP contribution in [0.3, 0.4) is 0 Å².